The topological polar surface area (TPSA) is 53.7 Å². The van der Waals surface area contributed by atoms with Crippen molar-refractivity contribution in [3.63, 3.8) is 0 Å². The highest BCUT2D eigenvalue weighted by atomic mass is 16.3. The van der Waals surface area contributed by atoms with E-state index in [2.05, 4.69) is 329 Å². The van der Waals surface area contributed by atoms with Gasteiger partial charge >= 0.3 is 0 Å². The zero-order valence-electron chi connectivity index (χ0n) is 49.9. The molecule has 0 saturated heterocycles. The van der Waals surface area contributed by atoms with Gasteiger partial charge in [-0.15, -0.1) is 0 Å². The third-order valence-corrected chi connectivity index (χ3v) is 18.3. The fourth-order valence-electron chi connectivity index (χ4n) is 14.1. The maximum Gasteiger partial charge on any atom is 0.235 e. The van der Waals surface area contributed by atoms with E-state index in [9.17, 15) is 0 Å². The summed E-state index contributed by atoms with van der Waals surface area (Å²) in [4.78, 5) is 10.4. The van der Waals surface area contributed by atoms with Crippen molar-refractivity contribution in [2.45, 2.75) is 0 Å². The fraction of sp³-hybridized carbons (Fsp3) is 0. The number of para-hydroxylation sites is 5. The molecule has 6 nitrogen and oxygen atoms in total. The lowest BCUT2D eigenvalue weighted by Crippen LogP contribution is -2.03. The molecule has 0 bridgehead atoms. The Morgan fingerprint density at radius 3 is 1.29 bits per heavy atom. The smallest absolute Gasteiger partial charge is 0.235 e. The van der Waals surface area contributed by atoms with Gasteiger partial charge in [0.15, 0.2) is 0 Å². The predicted molar refractivity (Wildman–Crippen MR) is 383 cm³/mol. The van der Waals surface area contributed by atoms with Crippen LogP contribution in [0, 0.1) is 0 Å². The van der Waals surface area contributed by atoms with Crippen LogP contribution in [0.5, 0.6) is 0 Å². The maximum atomic E-state index is 6.50. The molecule has 92 heavy (non-hydrogen) atoms. The minimum atomic E-state index is 0.664. The molecule has 0 N–H and O–H groups in total. The fourth-order valence-corrected chi connectivity index (χ4v) is 14.1. The van der Waals surface area contributed by atoms with Crippen LogP contribution in [0.4, 0.5) is 0 Å². The Balaban J connectivity index is 0.000000144. The molecule has 0 unspecified atom stereocenters. The van der Waals surface area contributed by atoms with Gasteiger partial charge < -0.3 is 13.6 Å². The average molecular weight is 1170 g/mol. The first-order chi connectivity index (χ1) is 45.6. The molecule has 0 aliphatic heterocycles. The van der Waals surface area contributed by atoms with Crippen molar-refractivity contribution >= 4 is 98.3 Å². The lowest BCUT2D eigenvalue weighted by Gasteiger charge is -2.14. The second kappa shape index (κ2) is 21.7. The van der Waals surface area contributed by atoms with Crippen LogP contribution in [0.25, 0.3) is 171 Å². The minimum Gasteiger partial charge on any atom is -0.455 e. The molecule has 14 aromatic carbocycles. The van der Waals surface area contributed by atoms with Crippen LogP contribution < -0.4 is 0 Å². The van der Waals surface area contributed by atoms with Gasteiger partial charge in [0.1, 0.15) is 11.2 Å². The van der Waals surface area contributed by atoms with E-state index < -0.39 is 0 Å². The van der Waals surface area contributed by atoms with Crippen LogP contribution in [-0.4, -0.2) is 23.7 Å². The molecule has 6 heteroatoms. The second-order valence-electron chi connectivity index (χ2n) is 23.6. The molecule has 0 aliphatic carbocycles. The largest absolute Gasteiger partial charge is 0.455 e. The van der Waals surface area contributed by atoms with Gasteiger partial charge in [0.2, 0.25) is 5.95 Å². The van der Waals surface area contributed by atoms with Gasteiger partial charge in [-0.2, -0.15) is 0 Å². The highest BCUT2D eigenvalue weighted by Crippen LogP contribution is 2.43. The first-order valence-electron chi connectivity index (χ1n) is 31.3. The molecule has 0 radical (unpaired) electrons. The normalized spacial score (nSPS) is 11.7. The number of nitrogens with zero attached hydrogens (tertiary/aromatic N) is 5. The lowest BCUT2D eigenvalue weighted by molar-refractivity contribution is 0.673. The summed E-state index contributed by atoms with van der Waals surface area (Å²) >= 11 is 0. The molecule has 5 heterocycles. The van der Waals surface area contributed by atoms with Gasteiger partial charge in [0.05, 0.1) is 49.7 Å². The zero-order chi connectivity index (χ0) is 60.6. The SMILES string of the molecule is c1ccc(-c2cc(-c3ccccc3)cc(-n3c4ccccc4c4c5oc6ccccc6c5ccc43)c2)cc1.c1ccc(-c2cccc(-n3c4ccccc4c4cc(-c5ccc6c(c5)c5ccccc5n6-c5nc(-c6ccccc6)c6ccccc6n5)ccc43)c2)cc1. The third kappa shape index (κ3) is 8.80. The number of benzene rings is 14. The van der Waals surface area contributed by atoms with Crippen LogP contribution in [0.1, 0.15) is 0 Å². The van der Waals surface area contributed by atoms with Crippen LogP contribution in [0.3, 0.4) is 0 Å². The van der Waals surface area contributed by atoms with Crippen LogP contribution in [0.15, 0.2) is 338 Å². The van der Waals surface area contributed by atoms with Crippen molar-refractivity contribution in [1.29, 1.82) is 0 Å². The Bertz CT molecular complexity index is 6000. The molecule has 0 amide bonds. The van der Waals surface area contributed by atoms with Gasteiger partial charge in [0.25, 0.3) is 0 Å². The predicted octanol–water partition coefficient (Wildman–Crippen LogP) is 22.8. The van der Waals surface area contributed by atoms with Gasteiger partial charge in [-0.05, 0) is 142 Å². The zero-order valence-corrected chi connectivity index (χ0v) is 49.9. The second-order valence-corrected chi connectivity index (χ2v) is 23.6. The van der Waals surface area contributed by atoms with Gasteiger partial charge in [0, 0.05) is 60.0 Å². The van der Waals surface area contributed by atoms with Crippen LogP contribution in [0.2, 0.25) is 0 Å². The molecule has 0 spiro atoms. The van der Waals surface area contributed by atoms with E-state index in [4.69, 9.17) is 14.4 Å². The molecule has 0 aliphatic rings. The highest BCUT2D eigenvalue weighted by Gasteiger charge is 2.22. The summed E-state index contributed by atoms with van der Waals surface area (Å²) in [5.74, 6) is 0.664. The molecule has 0 saturated carbocycles. The molecule has 19 rings (SSSR count). The minimum absolute atomic E-state index is 0.664. The van der Waals surface area contributed by atoms with E-state index in [1.54, 1.807) is 0 Å². The van der Waals surface area contributed by atoms with Gasteiger partial charge in [-0.1, -0.05) is 237 Å². The molecular formula is C86H55N5O. The Morgan fingerprint density at radius 2 is 0.663 bits per heavy atom. The van der Waals surface area contributed by atoms with Gasteiger partial charge in [-0.3, -0.25) is 4.57 Å². The summed E-state index contributed by atoms with van der Waals surface area (Å²) < 4.78 is 13.5. The van der Waals surface area contributed by atoms with Crippen molar-refractivity contribution in [3.05, 3.63) is 334 Å². The Morgan fingerprint density at radius 1 is 0.228 bits per heavy atom. The molecular weight excluding hydrogens is 1120 g/mol. The van der Waals surface area contributed by atoms with Crippen molar-refractivity contribution in [2.75, 3.05) is 0 Å². The summed E-state index contributed by atoms with van der Waals surface area (Å²) in [7, 11) is 0. The number of fused-ring (bicyclic) bond motifs is 14. The van der Waals surface area contributed by atoms with E-state index >= 15 is 0 Å². The van der Waals surface area contributed by atoms with Crippen molar-refractivity contribution in [1.82, 2.24) is 23.7 Å². The standard InChI is InChI=1S/C50H32N4.C36H23NO/c1-3-14-33(15-4-1)35-18-13-19-38(30-35)53-45-24-11-8-20-39(45)42-31-36(26-28-47(42)53)37-27-29-48-43(32-37)40-21-9-12-25-46(40)54(48)50-51-44-23-10-7-22-41(44)49(52-50)34-16-5-2-6-17-34;1-3-11-24(12-4-1)26-21-27(25-13-5-2-6-14-25)23-28(22-26)37-32-17-9-7-16-31(32)35-33(37)20-19-30-29-15-8-10-18-34(29)38-36(30)35/h1-32H;1-23H. The average Bonchev–Trinajstić information content (AvgIpc) is 1.60. The Hall–Kier alpha value is -12.4. The summed E-state index contributed by atoms with van der Waals surface area (Å²) in [5.41, 5.74) is 23.4. The number of rotatable bonds is 8. The maximum absolute atomic E-state index is 6.50. The molecule has 0 atom stereocenters. The molecule has 5 aromatic heterocycles. The van der Waals surface area contributed by atoms with Crippen LogP contribution >= 0.6 is 0 Å². The number of hydrogen-bond acceptors (Lipinski definition) is 3. The van der Waals surface area contributed by atoms with E-state index in [1.165, 1.54) is 88.0 Å². The molecule has 430 valence electrons. The van der Waals surface area contributed by atoms with Crippen molar-refractivity contribution in [2.24, 2.45) is 0 Å². The van der Waals surface area contributed by atoms with E-state index in [0.717, 1.165) is 77.4 Å². The van der Waals surface area contributed by atoms with Crippen LogP contribution in [-0.2, 0) is 0 Å². The van der Waals surface area contributed by atoms with Gasteiger partial charge in [-0.25, -0.2) is 9.97 Å². The third-order valence-electron chi connectivity index (χ3n) is 18.3. The first-order valence-corrected chi connectivity index (χ1v) is 31.3. The summed E-state index contributed by atoms with van der Waals surface area (Å²) in [6.45, 7) is 0. The Kier molecular flexibility index (Phi) is 12.5. The molecule has 19 aromatic rings. The quantitative estimate of drug-likeness (QED) is 0.152. The summed E-state index contributed by atoms with van der Waals surface area (Å²) in [5, 5.41) is 10.5. The highest BCUT2D eigenvalue weighted by molar-refractivity contribution is 6.24. The lowest BCUT2D eigenvalue weighted by atomic mass is 9.98. The van der Waals surface area contributed by atoms with E-state index in [-0.39, 0.29) is 0 Å². The van der Waals surface area contributed by atoms with E-state index in [1.807, 2.05) is 18.2 Å². The number of hydrogen-bond donors (Lipinski definition) is 0. The Labute approximate surface area is 530 Å². The van der Waals surface area contributed by atoms with Crippen molar-refractivity contribution in [3.8, 4) is 73.1 Å². The van der Waals surface area contributed by atoms with E-state index in [0.29, 0.717) is 5.95 Å². The summed E-state index contributed by atoms with van der Waals surface area (Å²) in [6.07, 6.45) is 0. The van der Waals surface area contributed by atoms with Crippen molar-refractivity contribution < 1.29 is 4.42 Å². The number of aromatic nitrogens is 5. The number of furan rings is 1. The first kappa shape index (κ1) is 52.7. The summed E-state index contributed by atoms with van der Waals surface area (Å²) in [6, 6.07) is 119. The monoisotopic (exact) mass is 1170 g/mol. The molecule has 0 fully saturated rings.